The molecule has 1 unspecified atom stereocenters. The number of rotatable bonds is 7. The molecule has 29 heavy (non-hydrogen) atoms. The molecule has 3 heterocycles. The minimum absolute atomic E-state index is 0.230. The van der Waals surface area contributed by atoms with E-state index in [1.54, 1.807) is 18.7 Å². The number of nitrogens with one attached hydrogen (secondary N) is 2. The van der Waals surface area contributed by atoms with Gasteiger partial charge in [0, 0.05) is 43.9 Å². The lowest BCUT2D eigenvalue weighted by Gasteiger charge is -2.18. The molecule has 154 valence electrons. The molecule has 0 aliphatic carbocycles. The predicted octanol–water partition coefficient (Wildman–Crippen LogP) is 2.30. The molecular formula is C21H30N8. The minimum atomic E-state index is 0.230. The molecule has 8 heteroatoms. The van der Waals surface area contributed by atoms with Crippen LogP contribution in [0, 0.1) is 13.8 Å². The highest BCUT2D eigenvalue weighted by Crippen LogP contribution is 2.14. The van der Waals surface area contributed by atoms with Crippen molar-refractivity contribution in [3.63, 3.8) is 0 Å². The van der Waals surface area contributed by atoms with Gasteiger partial charge in [0.2, 0.25) is 0 Å². The van der Waals surface area contributed by atoms with E-state index in [1.807, 2.05) is 34.6 Å². The summed E-state index contributed by atoms with van der Waals surface area (Å²) in [7, 11) is 1.99. The van der Waals surface area contributed by atoms with Gasteiger partial charge in [-0.1, -0.05) is 0 Å². The molecule has 0 radical (unpaired) electrons. The van der Waals surface area contributed by atoms with Crippen molar-refractivity contribution in [1.82, 2.24) is 34.9 Å². The first-order valence-electron chi connectivity index (χ1n) is 9.95. The van der Waals surface area contributed by atoms with Gasteiger partial charge in [0.1, 0.15) is 12.1 Å². The quantitative estimate of drug-likeness (QED) is 0.474. The number of guanidine groups is 1. The van der Waals surface area contributed by atoms with Gasteiger partial charge in [-0.25, -0.2) is 15.0 Å². The first-order valence-corrected chi connectivity index (χ1v) is 9.95. The maximum Gasteiger partial charge on any atom is 0.191 e. The van der Waals surface area contributed by atoms with Gasteiger partial charge in [0.15, 0.2) is 5.96 Å². The predicted molar refractivity (Wildman–Crippen MR) is 115 cm³/mol. The van der Waals surface area contributed by atoms with E-state index in [0.29, 0.717) is 6.54 Å². The van der Waals surface area contributed by atoms with Crippen LogP contribution < -0.4 is 10.6 Å². The molecule has 8 nitrogen and oxygen atoms in total. The van der Waals surface area contributed by atoms with E-state index in [4.69, 9.17) is 4.99 Å². The van der Waals surface area contributed by atoms with Crippen LogP contribution in [0.15, 0.2) is 42.0 Å². The average molecular weight is 395 g/mol. The van der Waals surface area contributed by atoms with Crippen molar-refractivity contribution in [1.29, 1.82) is 0 Å². The van der Waals surface area contributed by atoms with Crippen molar-refractivity contribution in [2.24, 2.45) is 12.0 Å². The Balaban J connectivity index is 1.67. The van der Waals surface area contributed by atoms with Crippen LogP contribution in [0.5, 0.6) is 0 Å². The zero-order valence-corrected chi connectivity index (χ0v) is 17.8. The summed E-state index contributed by atoms with van der Waals surface area (Å²) >= 11 is 0. The minimum Gasteiger partial charge on any atom is -0.357 e. The molecule has 0 aromatic carbocycles. The molecule has 0 bridgehead atoms. The van der Waals surface area contributed by atoms with Crippen molar-refractivity contribution in [2.45, 2.75) is 46.7 Å². The van der Waals surface area contributed by atoms with Gasteiger partial charge in [-0.15, -0.1) is 0 Å². The van der Waals surface area contributed by atoms with Crippen LogP contribution in [0.3, 0.4) is 0 Å². The summed E-state index contributed by atoms with van der Waals surface area (Å²) in [6.45, 7) is 9.79. The Morgan fingerprint density at radius 2 is 2.10 bits per heavy atom. The molecule has 0 aliphatic heterocycles. The number of nitrogens with zero attached hydrogens (tertiary/aromatic N) is 6. The van der Waals surface area contributed by atoms with Crippen LogP contribution in [0.4, 0.5) is 0 Å². The SMILES string of the molecule is CCNC(=NCc1ccnc(-n2ccnc2)c1)NC(C)Cc1c(C)nn(C)c1C. The molecule has 3 aromatic rings. The summed E-state index contributed by atoms with van der Waals surface area (Å²) in [5.41, 5.74) is 4.68. The number of pyridine rings is 1. The van der Waals surface area contributed by atoms with Crippen LogP contribution >= 0.6 is 0 Å². The zero-order valence-electron chi connectivity index (χ0n) is 17.8. The zero-order chi connectivity index (χ0) is 20.8. The van der Waals surface area contributed by atoms with Crippen LogP contribution in [-0.2, 0) is 20.0 Å². The van der Waals surface area contributed by atoms with E-state index in [2.05, 4.69) is 53.4 Å². The Kier molecular flexibility index (Phi) is 6.64. The van der Waals surface area contributed by atoms with E-state index in [1.165, 1.54) is 11.3 Å². The Morgan fingerprint density at radius 1 is 1.28 bits per heavy atom. The molecule has 2 N–H and O–H groups in total. The molecule has 0 spiro atoms. The fourth-order valence-electron chi connectivity index (χ4n) is 3.29. The fourth-order valence-corrected chi connectivity index (χ4v) is 3.29. The smallest absolute Gasteiger partial charge is 0.191 e. The van der Waals surface area contributed by atoms with E-state index >= 15 is 0 Å². The molecule has 0 aliphatic rings. The summed E-state index contributed by atoms with van der Waals surface area (Å²) in [4.78, 5) is 13.2. The maximum atomic E-state index is 4.76. The first kappa shape index (κ1) is 20.6. The molecular weight excluding hydrogens is 364 g/mol. The third-order valence-electron chi connectivity index (χ3n) is 4.90. The lowest BCUT2D eigenvalue weighted by atomic mass is 10.1. The normalized spacial score (nSPS) is 12.8. The first-order chi connectivity index (χ1) is 14.0. The van der Waals surface area contributed by atoms with E-state index in [9.17, 15) is 0 Å². The number of imidazole rings is 1. The Labute approximate surface area is 172 Å². The highest BCUT2D eigenvalue weighted by atomic mass is 15.3. The van der Waals surface area contributed by atoms with E-state index < -0.39 is 0 Å². The molecule has 3 rings (SSSR count). The molecule has 0 amide bonds. The standard InChI is InChI=1S/C21H30N8/c1-6-23-21(26-15(2)11-19-16(3)27-28(5)17(19)4)25-13-18-7-8-24-20(12-18)29-10-9-22-14-29/h7-10,12,14-15H,6,11,13H2,1-5H3,(H2,23,25,26). The summed E-state index contributed by atoms with van der Waals surface area (Å²) in [6.07, 6.45) is 8.07. The van der Waals surface area contributed by atoms with E-state index in [-0.39, 0.29) is 6.04 Å². The number of aromatic nitrogens is 5. The van der Waals surface area contributed by atoms with Crippen molar-refractivity contribution >= 4 is 5.96 Å². The summed E-state index contributed by atoms with van der Waals surface area (Å²) < 4.78 is 3.83. The highest BCUT2D eigenvalue weighted by molar-refractivity contribution is 5.80. The number of aliphatic imine (C=N–C) groups is 1. The molecule has 1 atom stereocenters. The van der Waals surface area contributed by atoms with Gasteiger partial charge in [-0.3, -0.25) is 9.25 Å². The van der Waals surface area contributed by atoms with Crippen LogP contribution in [0.1, 0.15) is 36.4 Å². The topological polar surface area (TPSA) is 84.9 Å². The van der Waals surface area contributed by atoms with Gasteiger partial charge in [0.05, 0.1) is 12.2 Å². The summed E-state index contributed by atoms with van der Waals surface area (Å²) in [6, 6.07) is 4.24. The Morgan fingerprint density at radius 3 is 2.76 bits per heavy atom. The van der Waals surface area contributed by atoms with Crippen molar-refractivity contribution in [3.05, 3.63) is 59.6 Å². The molecule has 3 aromatic heterocycles. The lowest BCUT2D eigenvalue weighted by molar-refractivity contribution is 0.635. The van der Waals surface area contributed by atoms with Gasteiger partial charge >= 0.3 is 0 Å². The highest BCUT2D eigenvalue weighted by Gasteiger charge is 2.14. The second kappa shape index (κ2) is 9.36. The Bertz CT molecular complexity index is 955. The van der Waals surface area contributed by atoms with Crippen LogP contribution in [0.25, 0.3) is 5.82 Å². The van der Waals surface area contributed by atoms with Gasteiger partial charge in [-0.05, 0) is 57.4 Å². The maximum absolute atomic E-state index is 4.76. The Hall–Kier alpha value is -3.16. The molecule has 0 saturated carbocycles. The summed E-state index contributed by atoms with van der Waals surface area (Å²) in [5, 5.41) is 11.4. The van der Waals surface area contributed by atoms with Crippen molar-refractivity contribution in [2.75, 3.05) is 6.54 Å². The van der Waals surface area contributed by atoms with Gasteiger partial charge in [0.25, 0.3) is 0 Å². The van der Waals surface area contributed by atoms with Crippen molar-refractivity contribution in [3.8, 4) is 5.82 Å². The monoisotopic (exact) mass is 394 g/mol. The van der Waals surface area contributed by atoms with Crippen LogP contribution in [0.2, 0.25) is 0 Å². The number of hydrogen-bond donors (Lipinski definition) is 2. The summed E-state index contributed by atoms with van der Waals surface area (Å²) in [5.74, 6) is 1.64. The second-order valence-electron chi connectivity index (χ2n) is 7.21. The van der Waals surface area contributed by atoms with Gasteiger partial charge in [-0.2, -0.15) is 5.10 Å². The lowest BCUT2D eigenvalue weighted by Crippen LogP contribution is -2.43. The second-order valence-corrected chi connectivity index (χ2v) is 7.21. The number of hydrogen-bond acceptors (Lipinski definition) is 4. The third-order valence-corrected chi connectivity index (χ3v) is 4.90. The molecule has 0 fully saturated rings. The van der Waals surface area contributed by atoms with E-state index in [0.717, 1.165) is 36.0 Å². The molecule has 0 saturated heterocycles. The number of aryl methyl sites for hydroxylation is 2. The largest absolute Gasteiger partial charge is 0.357 e. The average Bonchev–Trinajstić information content (AvgIpc) is 3.32. The van der Waals surface area contributed by atoms with Gasteiger partial charge < -0.3 is 10.6 Å². The van der Waals surface area contributed by atoms with Crippen molar-refractivity contribution < 1.29 is 0 Å². The van der Waals surface area contributed by atoms with Crippen LogP contribution in [-0.4, -0.2) is 42.9 Å². The third kappa shape index (κ3) is 5.22. The fraction of sp³-hybridized carbons (Fsp3) is 0.429.